The van der Waals surface area contributed by atoms with Gasteiger partial charge in [-0.3, -0.25) is 0 Å². The Morgan fingerprint density at radius 3 is 2.76 bits per heavy atom. The van der Waals surface area contributed by atoms with Gasteiger partial charge in [0.05, 0.1) is 0 Å². The number of aromatic nitrogens is 2. The van der Waals surface area contributed by atoms with E-state index in [1.807, 2.05) is 0 Å². The molecule has 2 rings (SSSR count). The number of carboxylic acid groups (broad SMARTS) is 1. The first-order valence-corrected chi connectivity index (χ1v) is 7.94. The van der Waals surface area contributed by atoms with Crippen LogP contribution in [-0.2, 0) is 7.05 Å². The van der Waals surface area contributed by atoms with Gasteiger partial charge in [-0.15, -0.1) is 0 Å². The molecule has 2 aromatic rings. The fourth-order valence-electron chi connectivity index (χ4n) is 1.85. The molecule has 8 nitrogen and oxygen atoms in total. The van der Waals surface area contributed by atoms with Crippen molar-refractivity contribution in [3.63, 3.8) is 0 Å². The number of rotatable bonds is 4. The molecule has 0 aliphatic heterocycles. The van der Waals surface area contributed by atoms with E-state index in [4.69, 9.17) is 9.84 Å². The maximum absolute atomic E-state index is 11.0. The molecule has 1 unspecified atom stereocenters. The summed E-state index contributed by atoms with van der Waals surface area (Å²) in [5.74, 6) is 0.123. The van der Waals surface area contributed by atoms with Gasteiger partial charge in [0.1, 0.15) is 0 Å². The first-order chi connectivity index (χ1) is 9.90. The summed E-state index contributed by atoms with van der Waals surface area (Å²) in [6.07, 6.45) is -1.44. The van der Waals surface area contributed by atoms with Gasteiger partial charge in [0.15, 0.2) is 0 Å². The zero-order valence-corrected chi connectivity index (χ0v) is 13.3. The summed E-state index contributed by atoms with van der Waals surface area (Å²) in [7, 11) is 1.57. The van der Waals surface area contributed by atoms with Crippen molar-refractivity contribution in [2.24, 2.45) is 7.05 Å². The average Bonchev–Trinajstić information content (AvgIpc) is 2.65. The Morgan fingerprint density at radius 1 is 1.48 bits per heavy atom. The molecule has 9 heteroatoms. The van der Waals surface area contributed by atoms with Gasteiger partial charge in [-0.05, 0) is 0 Å². The predicted molar refractivity (Wildman–Crippen MR) is 76.1 cm³/mol. The van der Waals surface area contributed by atoms with Gasteiger partial charge in [0, 0.05) is 0 Å². The quantitative estimate of drug-likeness (QED) is 0.361. The van der Waals surface area contributed by atoms with E-state index in [1.165, 1.54) is 10.7 Å². The SMILES string of the molecule is Cc1nn(C)c(OC(=O)O)c1[AsH]c1ccccc1[N+](=O)[O-]. The molecule has 0 fully saturated rings. The summed E-state index contributed by atoms with van der Waals surface area (Å²) in [5, 5.41) is 23.9. The van der Waals surface area contributed by atoms with Gasteiger partial charge < -0.3 is 0 Å². The van der Waals surface area contributed by atoms with Crippen molar-refractivity contribution >= 4 is 36.3 Å². The molecule has 0 radical (unpaired) electrons. The molecular formula is C12H12AsN3O5. The van der Waals surface area contributed by atoms with Gasteiger partial charge in [0.2, 0.25) is 0 Å². The Balaban J connectivity index is 2.45. The molecule has 0 saturated heterocycles. The zero-order valence-electron chi connectivity index (χ0n) is 11.2. The van der Waals surface area contributed by atoms with E-state index < -0.39 is 26.8 Å². The molecule has 0 saturated carbocycles. The number of para-hydroxylation sites is 1. The van der Waals surface area contributed by atoms with Gasteiger partial charge in [-0.25, -0.2) is 0 Å². The van der Waals surface area contributed by atoms with Crippen LogP contribution in [0.3, 0.4) is 0 Å². The topological polar surface area (TPSA) is 107 Å². The monoisotopic (exact) mass is 353 g/mol. The van der Waals surface area contributed by atoms with Gasteiger partial charge in [-0.2, -0.15) is 0 Å². The Morgan fingerprint density at radius 2 is 2.14 bits per heavy atom. The van der Waals surface area contributed by atoms with Crippen LogP contribution in [0.15, 0.2) is 24.3 Å². The molecule has 0 aliphatic carbocycles. The van der Waals surface area contributed by atoms with E-state index in [1.54, 1.807) is 32.2 Å². The van der Waals surface area contributed by atoms with Crippen LogP contribution < -0.4 is 13.4 Å². The summed E-state index contributed by atoms with van der Waals surface area (Å²) in [6.45, 7) is 1.72. The third kappa shape index (κ3) is 3.22. The first-order valence-electron chi connectivity index (χ1n) is 5.85. The molecular weight excluding hydrogens is 341 g/mol. The minimum atomic E-state index is -1.44. The van der Waals surface area contributed by atoms with Crippen LogP contribution in [0.1, 0.15) is 5.69 Å². The fraction of sp³-hybridized carbons (Fsp3) is 0.167. The second kappa shape index (κ2) is 5.97. The molecule has 0 aliphatic rings. The van der Waals surface area contributed by atoms with Crippen molar-refractivity contribution in [3.05, 3.63) is 40.1 Å². The first kappa shape index (κ1) is 15.1. The van der Waals surface area contributed by atoms with Crippen molar-refractivity contribution in [1.82, 2.24) is 9.78 Å². The molecule has 1 atom stereocenters. The van der Waals surface area contributed by atoms with E-state index >= 15 is 0 Å². The predicted octanol–water partition coefficient (Wildman–Crippen LogP) is 0.0808. The van der Waals surface area contributed by atoms with E-state index in [2.05, 4.69) is 5.10 Å². The number of hydrogen-bond acceptors (Lipinski definition) is 5. The number of benzene rings is 1. The second-order valence-corrected chi connectivity index (χ2v) is 6.86. The van der Waals surface area contributed by atoms with Gasteiger partial charge in [0.25, 0.3) is 0 Å². The van der Waals surface area contributed by atoms with Crippen molar-refractivity contribution in [1.29, 1.82) is 0 Å². The molecule has 21 heavy (non-hydrogen) atoms. The number of nitro groups is 1. The molecule has 0 spiro atoms. The van der Waals surface area contributed by atoms with E-state index in [9.17, 15) is 14.9 Å². The number of aryl methyl sites for hydroxylation is 2. The summed E-state index contributed by atoms with van der Waals surface area (Å²) in [6, 6.07) is 6.42. The van der Waals surface area contributed by atoms with Crippen molar-refractivity contribution in [2.45, 2.75) is 6.92 Å². The Hall–Kier alpha value is -2.34. The minimum absolute atomic E-state index is 0.0297. The maximum atomic E-state index is 11.0. The molecule has 1 N–H and O–H groups in total. The van der Waals surface area contributed by atoms with Crippen LogP contribution in [0.5, 0.6) is 5.88 Å². The Bertz CT molecular complexity index is 713. The Kier molecular flexibility index (Phi) is 4.28. The van der Waals surface area contributed by atoms with E-state index in [-0.39, 0.29) is 11.6 Å². The van der Waals surface area contributed by atoms with Gasteiger partial charge >= 0.3 is 126 Å². The Labute approximate surface area is 126 Å². The standard InChI is InChI=1S/C12H12AsN3O5/c1-7-10(11(15(2)14-7)21-12(17)18)13-8-5-3-4-6-9(8)16(19)20/h3-6,13H,1-2H3,(H,17,18). The molecule has 110 valence electrons. The van der Waals surface area contributed by atoms with Crippen LogP contribution in [0.4, 0.5) is 10.5 Å². The van der Waals surface area contributed by atoms with E-state index in [0.717, 1.165) is 0 Å². The number of nitro benzene ring substituents is 1. The normalized spacial score (nSPS) is 11.0. The number of hydrogen-bond donors (Lipinski definition) is 1. The number of ether oxygens (including phenoxy) is 1. The molecule has 0 amide bonds. The molecule has 1 heterocycles. The summed E-state index contributed by atoms with van der Waals surface area (Å²) >= 11 is -1.15. The molecule has 0 bridgehead atoms. The second-order valence-electron chi connectivity index (χ2n) is 4.16. The summed E-state index contributed by atoms with van der Waals surface area (Å²) < 4.78 is 7.30. The van der Waals surface area contributed by atoms with Crippen LogP contribution in [0.2, 0.25) is 0 Å². The van der Waals surface area contributed by atoms with Crippen molar-refractivity contribution in [3.8, 4) is 5.88 Å². The van der Waals surface area contributed by atoms with Crippen molar-refractivity contribution in [2.75, 3.05) is 0 Å². The van der Waals surface area contributed by atoms with Gasteiger partial charge in [-0.1, -0.05) is 0 Å². The molecule has 1 aromatic heterocycles. The van der Waals surface area contributed by atoms with Crippen molar-refractivity contribution < 1.29 is 19.6 Å². The zero-order chi connectivity index (χ0) is 15.6. The van der Waals surface area contributed by atoms with Crippen LogP contribution in [0.25, 0.3) is 0 Å². The number of nitrogens with zero attached hydrogens (tertiary/aromatic N) is 3. The van der Waals surface area contributed by atoms with Crippen LogP contribution in [0, 0.1) is 17.0 Å². The third-order valence-corrected chi connectivity index (χ3v) is 5.90. The fourth-order valence-corrected chi connectivity index (χ4v) is 4.59. The number of carbonyl (C=O) groups is 1. The molecule has 1 aromatic carbocycles. The average molecular weight is 353 g/mol. The van der Waals surface area contributed by atoms with Crippen LogP contribution in [-0.4, -0.2) is 41.7 Å². The van der Waals surface area contributed by atoms with E-state index in [0.29, 0.717) is 14.4 Å². The third-order valence-electron chi connectivity index (χ3n) is 2.71. The van der Waals surface area contributed by atoms with Crippen LogP contribution >= 0.6 is 0 Å². The summed E-state index contributed by atoms with van der Waals surface area (Å²) in [4.78, 5) is 21.4. The summed E-state index contributed by atoms with van der Waals surface area (Å²) in [5.41, 5.74) is 0.647.